The number of rotatable bonds is 5. The fraction of sp³-hybridized carbons (Fsp3) is 0.588. The fourth-order valence-electron chi connectivity index (χ4n) is 2.73. The van der Waals surface area contributed by atoms with Crippen molar-refractivity contribution in [1.82, 2.24) is 9.80 Å². The van der Waals surface area contributed by atoms with Gasteiger partial charge in [-0.15, -0.1) is 0 Å². The Balaban J connectivity index is 1.93. The van der Waals surface area contributed by atoms with Crippen molar-refractivity contribution in [2.24, 2.45) is 5.73 Å². The van der Waals surface area contributed by atoms with Crippen molar-refractivity contribution in [2.75, 3.05) is 19.6 Å². The number of carbonyl (C=O) groups is 1. The average Bonchev–Trinajstić information content (AvgIpc) is 2.48. The first-order valence-corrected chi connectivity index (χ1v) is 7.87. The van der Waals surface area contributed by atoms with E-state index in [4.69, 9.17) is 5.73 Å². The van der Waals surface area contributed by atoms with Crippen LogP contribution in [0.3, 0.4) is 0 Å². The zero-order valence-corrected chi connectivity index (χ0v) is 13.2. The highest BCUT2D eigenvalue weighted by atomic mass is 16.2. The predicted molar refractivity (Wildman–Crippen MR) is 85.8 cm³/mol. The SMILES string of the molecule is CC(C)N(Cc1ccccc1)C(=O)CN1CCC(N)CC1. The number of carbonyl (C=O) groups excluding carboxylic acids is 1. The molecule has 1 fully saturated rings. The van der Waals surface area contributed by atoms with Crippen LogP contribution in [0.1, 0.15) is 32.3 Å². The van der Waals surface area contributed by atoms with Crippen molar-refractivity contribution in [3.8, 4) is 0 Å². The highest BCUT2D eigenvalue weighted by Crippen LogP contribution is 2.12. The van der Waals surface area contributed by atoms with E-state index in [9.17, 15) is 4.79 Å². The van der Waals surface area contributed by atoms with E-state index in [0.717, 1.165) is 25.9 Å². The van der Waals surface area contributed by atoms with Crippen LogP contribution in [0.25, 0.3) is 0 Å². The molecule has 0 atom stereocenters. The van der Waals surface area contributed by atoms with Crippen molar-refractivity contribution in [1.29, 1.82) is 0 Å². The number of hydrogen-bond donors (Lipinski definition) is 1. The number of piperidine rings is 1. The third kappa shape index (κ3) is 4.83. The first-order valence-electron chi connectivity index (χ1n) is 7.87. The molecule has 0 bridgehead atoms. The first-order chi connectivity index (χ1) is 10.1. The second-order valence-electron chi connectivity index (χ2n) is 6.21. The predicted octanol–water partition coefficient (Wildman–Crippen LogP) is 1.85. The molecule has 1 aromatic carbocycles. The lowest BCUT2D eigenvalue weighted by Gasteiger charge is -2.33. The van der Waals surface area contributed by atoms with Crippen LogP contribution in [0.4, 0.5) is 0 Å². The minimum Gasteiger partial charge on any atom is -0.335 e. The summed E-state index contributed by atoms with van der Waals surface area (Å²) in [6.07, 6.45) is 1.99. The van der Waals surface area contributed by atoms with E-state index in [1.807, 2.05) is 23.1 Å². The molecule has 1 aromatic rings. The summed E-state index contributed by atoms with van der Waals surface area (Å²) in [5, 5.41) is 0. The Labute approximate surface area is 127 Å². The minimum atomic E-state index is 0.212. The number of nitrogens with zero attached hydrogens (tertiary/aromatic N) is 2. The Morgan fingerprint density at radius 3 is 2.48 bits per heavy atom. The molecule has 0 spiro atoms. The second kappa shape index (κ2) is 7.57. The van der Waals surface area contributed by atoms with Crippen LogP contribution >= 0.6 is 0 Å². The molecule has 1 aliphatic heterocycles. The molecule has 0 saturated carbocycles. The lowest BCUT2D eigenvalue weighted by atomic mass is 10.1. The molecule has 0 unspecified atom stereocenters. The molecule has 4 heteroatoms. The van der Waals surface area contributed by atoms with E-state index >= 15 is 0 Å². The summed E-state index contributed by atoms with van der Waals surface area (Å²) in [6, 6.07) is 10.7. The molecule has 116 valence electrons. The summed E-state index contributed by atoms with van der Waals surface area (Å²) in [6.45, 7) is 7.22. The molecule has 2 N–H and O–H groups in total. The van der Waals surface area contributed by atoms with E-state index in [1.54, 1.807) is 0 Å². The Morgan fingerprint density at radius 2 is 1.90 bits per heavy atom. The molecule has 2 rings (SSSR count). The van der Waals surface area contributed by atoms with E-state index in [1.165, 1.54) is 5.56 Å². The second-order valence-corrected chi connectivity index (χ2v) is 6.21. The maximum atomic E-state index is 12.6. The lowest BCUT2D eigenvalue weighted by Crippen LogP contribution is -2.47. The van der Waals surface area contributed by atoms with Crippen LogP contribution in [0.15, 0.2) is 30.3 Å². The summed E-state index contributed by atoms with van der Waals surface area (Å²) in [5.41, 5.74) is 7.10. The number of benzene rings is 1. The summed E-state index contributed by atoms with van der Waals surface area (Å²) < 4.78 is 0. The molecule has 1 saturated heterocycles. The Morgan fingerprint density at radius 1 is 1.29 bits per heavy atom. The monoisotopic (exact) mass is 289 g/mol. The van der Waals surface area contributed by atoms with Gasteiger partial charge in [-0.2, -0.15) is 0 Å². The highest BCUT2D eigenvalue weighted by molar-refractivity contribution is 5.78. The largest absolute Gasteiger partial charge is 0.335 e. The zero-order chi connectivity index (χ0) is 15.2. The zero-order valence-electron chi connectivity index (χ0n) is 13.2. The molecular weight excluding hydrogens is 262 g/mol. The van der Waals surface area contributed by atoms with E-state index in [-0.39, 0.29) is 11.9 Å². The third-order valence-corrected chi connectivity index (χ3v) is 4.13. The molecule has 1 heterocycles. The van der Waals surface area contributed by atoms with Gasteiger partial charge in [0.05, 0.1) is 6.54 Å². The standard InChI is InChI=1S/C17H27N3O/c1-14(2)20(12-15-6-4-3-5-7-15)17(21)13-19-10-8-16(18)9-11-19/h3-7,14,16H,8-13,18H2,1-2H3. The van der Waals surface area contributed by atoms with Gasteiger partial charge < -0.3 is 10.6 Å². The van der Waals surface area contributed by atoms with Crippen molar-refractivity contribution < 1.29 is 4.79 Å². The van der Waals surface area contributed by atoms with Gasteiger partial charge in [-0.25, -0.2) is 0 Å². The normalized spacial score (nSPS) is 17.1. The topological polar surface area (TPSA) is 49.6 Å². The smallest absolute Gasteiger partial charge is 0.237 e. The minimum absolute atomic E-state index is 0.212. The van der Waals surface area contributed by atoms with Gasteiger partial charge in [0.25, 0.3) is 0 Å². The molecule has 21 heavy (non-hydrogen) atoms. The van der Waals surface area contributed by atoms with Crippen LogP contribution in [-0.4, -0.2) is 47.4 Å². The number of nitrogens with two attached hydrogens (primary N) is 1. The van der Waals surface area contributed by atoms with Gasteiger partial charge in [-0.1, -0.05) is 30.3 Å². The number of hydrogen-bond acceptors (Lipinski definition) is 3. The van der Waals surface area contributed by atoms with Crippen molar-refractivity contribution in [3.63, 3.8) is 0 Å². The first kappa shape index (κ1) is 16.0. The third-order valence-electron chi connectivity index (χ3n) is 4.13. The van der Waals surface area contributed by atoms with E-state index in [2.05, 4.69) is 30.9 Å². The molecular formula is C17H27N3O. The Bertz CT molecular complexity index is 439. The number of likely N-dealkylation sites (tertiary alicyclic amines) is 1. The number of amides is 1. The van der Waals surface area contributed by atoms with E-state index in [0.29, 0.717) is 19.1 Å². The quantitative estimate of drug-likeness (QED) is 0.900. The van der Waals surface area contributed by atoms with Crippen molar-refractivity contribution in [3.05, 3.63) is 35.9 Å². The Kier molecular flexibility index (Phi) is 5.76. The van der Waals surface area contributed by atoms with Gasteiger partial charge in [0.2, 0.25) is 5.91 Å². The van der Waals surface area contributed by atoms with Crippen LogP contribution in [0.5, 0.6) is 0 Å². The maximum absolute atomic E-state index is 12.6. The fourth-order valence-corrected chi connectivity index (χ4v) is 2.73. The van der Waals surface area contributed by atoms with Crippen LogP contribution in [-0.2, 0) is 11.3 Å². The molecule has 0 aliphatic carbocycles. The summed E-state index contributed by atoms with van der Waals surface area (Å²) >= 11 is 0. The molecule has 0 aromatic heterocycles. The molecule has 1 amide bonds. The van der Waals surface area contributed by atoms with Crippen LogP contribution < -0.4 is 5.73 Å². The van der Waals surface area contributed by atoms with Gasteiger partial charge in [0.15, 0.2) is 0 Å². The van der Waals surface area contributed by atoms with Gasteiger partial charge in [-0.05, 0) is 32.3 Å². The van der Waals surface area contributed by atoms with E-state index < -0.39 is 0 Å². The lowest BCUT2D eigenvalue weighted by molar-refractivity contribution is -0.135. The van der Waals surface area contributed by atoms with Gasteiger partial charge in [0, 0.05) is 31.7 Å². The summed E-state index contributed by atoms with van der Waals surface area (Å²) in [7, 11) is 0. The maximum Gasteiger partial charge on any atom is 0.237 e. The Hall–Kier alpha value is -1.39. The summed E-state index contributed by atoms with van der Waals surface area (Å²) in [5.74, 6) is 0.212. The highest BCUT2D eigenvalue weighted by Gasteiger charge is 2.22. The molecule has 4 nitrogen and oxygen atoms in total. The van der Waals surface area contributed by atoms with Crippen molar-refractivity contribution >= 4 is 5.91 Å². The molecule has 0 radical (unpaired) electrons. The van der Waals surface area contributed by atoms with Crippen molar-refractivity contribution in [2.45, 2.75) is 45.3 Å². The van der Waals surface area contributed by atoms with Crippen LogP contribution in [0, 0.1) is 0 Å². The van der Waals surface area contributed by atoms with Gasteiger partial charge >= 0.3 is 0 Å². The van der Waals surface area contributed by atoms with Crippen LogP contribution in [0.2, 0.25) is 0 Å². The van der Waals surface area contributed by atoms with Gasteiger partial charge in [0.1, 0.15) is 0 Å². The molecule has 1 aliphatic rings. The summed E-state index contributed by atoms with van der Waals surface area (Å²) in [4.78, 5) is 16.8. The van der Waals surface area contributed by atoms with Gasteiger partial charge in [-0.3, -0.25) is 9.69 Å². The average molecular weight is 289 g/mol.